The molecule has 0 radical (unpaired) electrons. The Hall–Kier alpha value is -1.31. The first kappa shape index (κ1) is 16.1. The molecule has 0 saturated carbocycles. The van der Waals surface area contributed by atoms with Crippen molar-refractivity contribution in [1.82, 2.24) is 4.57 Å². The Morgan fingerprint density at radius 1 is 1.29 bits per heavy atom. The highest BCUT2D eigenvalue weighted by Gasteiger charge is 2.11. The monoisotopic (exact) mass is 371 g/mol. The van der Waals surface area contributed by atoms with Gasteiger partial charge in [0, 0.05) is 35.1 Å². The first-order valence-corrected chi connectivity index (χ1v) is 8.72. The number of hydrogen-bond acceptors (Lipinski definition) is 3. The first-order valence-electron chi connectivity index (χ1n) is 6.38. The molecule has 0 atom stereocenters. The van der Waals surface area contributed by atoms with Crippen molar-refractivity contribution in [2.24, 2.45) is 12.2 Å². The number of hydrogen-bond donors (Lipinski definition) is 2. The summed E-state index contributed by atoms with van der Waals surface area (Å²) in [4.78, 5) is 0.0895. The van der Waals surface area contributed by atoms with Gasteiger partial charge in [-0.3, -0.25) is 0 Å². The minimum absolute atomic E-state index is 0.0895. The lowest BCUT2D eigenvalue weighted by molar-refractivity contribution is 0.598. The molecule has 21 heavy (non-hydrogen) atoms. The molecule has 0 aliphatic heterocycles. The van der Waals surface area contributed by atoms with Gasteiger partial charge in [-0.05, 0) is 59.6 Å². The quantitative estimate of drug-likeness (QED) is 0.866. The molecule has 0 aliphatic carbocycles. The fraction of sp³-hybridized carbons (Fsp3) is 0.286. The summed E-state index contributed by atoms with van der Waals surface area (Å²) in [5, 5.41) is 8.40. The lowest BCUT2D eigenvalue weighted by atomic mass is 10.2. The van der Waals surface area contributed by atoms with Gasteiger partial charge in [-0.2, -0.15) is 0 Å². The first-order chi connectivity index (χ1) is 9.70. The van der Waals surface area contributed by atoms with Gasteiger partial charge >= 0.3 is 0 Å². The Balaban J connectivity index is 2.19. The predicted octanol–water partition coefficient (Wildman–Crippen LogP) is 2.66. The fourth-order valence-electron chi connectivity index (χ4n) is 2.12. The number of sulfonamides is 1. The third-order valence-corrected chi connectivity index (χ3v) is 5.19. The van der Waals surface area contributed by atoms with Crippen LogP contribution in [0.25, 0.3) is 0 Å². The van der Waals surface area contributed by atoms with E-state index in [9.17, 15) is 8.42 Å². The van der Waals surface area contributed by atoms with Crippen LogP contribution in [0.1, 0.15) is 17.0 Å². The van der Waals surface area contributed by atoms with Crippen LogP contribution in [0.3, 0.4) is 0 Å². The average Bonchev–Trinajstić information content (AvgIpc) is 2.64. The van der Waals surface area contributed by atoms with Crippen LogP contribution in [0.2, 0.25) is 0 Å². The molecule has 0 saturated heterocycles. The van der Waals surface area contributed by atoms with Gasteiger partial charge < -0.3 is 9.88 Å². The van der Waals surface area contributed by atoms with Crippen molar-refractivity contribution in [1.29, 1.82) is 0 Å². The predicted molar refractivity (Wildman–Crippen MR) is 87.7 cm³/mol. The lowest BCUT2D eigenvalue weighted by Crippen LogP contribution is -2.12. The normalized spacial score (nSPS) is 11.7. The zero-order valence-corrected chi connectivity index (χ0v) is 14.5. The molecule has 1 aromatic heterocycles. The minimum atomic E-state index is -3.68. The zero-order chi connectivity index (χ0) is 15.8. The molecule has 1 heterocycles. The van der Waals surface area contributed by atoms with E-state index in [1.165, 1.54) is 29.1 Å². The Labute approximate surface area is 133 Å². The molecule has 0 unspecified atom stereocenters. The van der Waals surface area contributed by atoms with Crippen LogP contribution in [0, 0.1) is 13.8 Å². The molecule has 0 fully saturated rings. The van der Waals surface area contributed by atoms with Gasteiger partial charge in [0.15, 0.2) is 0 Å². The minimum Gasteiger partial charge on any atom is -0.380 e. The molecule has 0 aliphatic rings. The summed E-state index contributed by atoms with van der Waals surface area (Å²) in [6.45, 7) is 4.80. The van der Waals surface area contributed by atoms with E-state index in [2.05, 4.69) is 45.7 Å². The Bertz CT molecular complexity index is 782. The molecule has 7 heteroatoms. The van der Waals surface area contributed by atoms with Crippen molar-refractivity contribution in [3.63, 3.8) is 0 Å². The van der Waals surface area contributed by atoms with E-state index in [4.69, 9.17) is 5.14 Å². The molecular weight excluding hydrogens is 354 g/mol. The Kier molecular flexibility index (Phi) is 4.46. The third kappa shape index (κ3) is 3.48. The fourth-order valence-corrected chi connectivity index (χ4v) is 3.33. The van der Waals surface area contributed by atoms with E-state index in [0.29, 0.717) is 11.0 Å². The number of aromatic nitrogens is 1. The smallest absolute Gasteiger partial charge is 0.238 e. The van der Waals surface area contributed by atoms with Crippen LogP contribution in [-0.4, -0.2) is 13.0 Å². The van der Waals surface area contributed by atoms with E-state index in [1.54, 1.807) is 6.07 Å². The summed E-state index contributed by atoms with van der Waals surface area (Å²) in [6.07, 6.45) is 0. The van der Waals surface area contributed by atoms with Gasteiger partial charge in [-0.25, -0.2) is 13.6 Å². The number of nitrogens with two attached hydrogens (primary N) is 1. The van der Waals surface area contributed by atoms with E-state index in [1.807, 2.05) is 7.05 Å². The second-order valence-electron chi connectivity index (χ2n) is 5.00. The van der Waals surface area contributed by atoms with E-state index < -0.39 is 10.0 Å². The number of nitrogens with one attached hydrogen (secondary N) is 1. The lowest BCUT2D eigenvalue weighted by Gasteiger charge is -2.10. The van der Waals surface area contributed by atoms with Crippen LogP contribution in [0.4, 0.5) is 5.69 Å². The van der Waals surface area contributed by atoms with Crippen molar-refractivity contribution in [2.45, 2.75) is 25.3 Å². The number of aryl methyl sites for hydroxylation is 1. The second-order valence-corrected chi connectivity index (χ2v) is 7.41. The number of anilines is 1. The topological polar surface area (TPSA) is 77.1 Å². The van der Waals surface area contributed by atoms with Crippen molar-refractivity contribution < 1.29 is 8.42 Å². The van der Waals surface area contributed by atoms with E-state index in [-0.39, 0.29) is 4.90 Å². The molecule has 114 valence electrons. The standard InChI is InChI=1S/C14H18BrN3O2S/c1-9-6-11(10(2)18(9)3)8-17-14-5-4-12(7-13(14)15)21(16,19)20/h4-7,17H,8H2,1-3H3,(H2,16,19,20). The summed E-state index contributed by atoms with van der Waals surface area (Å²) >= 11 is 3.36. The number of primary sulfonamides is 1. The van der Waals surface area contributed by atoms with Crippen molar-refractivity contribution in [2.75, 3.05) is 5.32 Å². The van der Waals surface area contributed by atoms with Crippen LogP contribution < -0.4 is 10.5 Å². The zero-order valence-electron chi connectivity index (χ0n) is 12.1. The summed E-state index contributed by atoms with van der Waals surface area (Å²) in [7, 11) is -1.65. The summed E-state index contributed by atoms with van der Waals surface area (Å²) in [5.41, 5.74) is 4.44. The van der Waals surface area contributed by atoms with Crippen LogP contribution in [0.5, 0.6) is 0 Å². The van der Waals surface area contributed by atoms with Gasteiger partial charge in [-0.1, -0.05) is 0 Å². The molecule has 2 aromatic rings. The summed E-state index contributed by atoms with van der Waals surface area (Å²) in [5.74, 6) is 0. The van der Waals surface area contributed by atoms with Gasteiger partial charge in [0.05, 0.1) is 4.90 Å². The molecule has 0 bridgehead atoms. The van der Waals surface area contributed by atoms with Crippen molar-refractivity contribution in [3.8, 4) is 0 Å². The molecule has 1 aromatic carbocycles. The maximum Gasteiger partial charge on any atom is 0.238 e. The molecule has 3 N–H and O–H groups in total. The average molecular weight is 372 g/mol. The van der Waals surface area contributed by atoms with Crippen LogP contribution >= 0.6 is 15.9 Å². The largest absolute Gasteiger partial charge is 0.380 e. The summed E-state index contributed by atoms with van der Waals surface area (Å²) < 4.78 is 25.4. The van der Waals surface area contributed by atoms with E-state index in [0.717, 1.165) is 5.69 Å². The molecule has 2 rings (SSSR count). The molecular formula is C14H18BrN3O2S. The maximum absolute atomic E-state index is 11.3. The Morgan fingerprint density at radius 3 is 2.43 bits per heavy atom. The van der Waals surface area contributed by atoms with Crippen LogP contribution in [0.15, 0.2) is 33.6 Å². The third-order valence-electron chi connectivity index (χ3n) is 3.62. The number of benzene rings is 1. The van der Waals surface area contributed by atoms with Gasteiger partial charge in [0.1, 0.15) is 0 Å². The highest BCUT2D eigenvalue weighted by molar-refractivity contribution is 9.10. The van der Waals surface area contributed by atoms with Crippen molar-refractivity contribution >= 4 is 31.6 Å². The number of nitrogens with zero attached hydrogens (tertiary/aromatic N) is 1. The van der Waals surface area contributed by atoms with Gasteiger partial charge in [0.25, 0.3) is 0 Å². The van der Waals surface area contributed by atoms with E-state index >= 15 is 0 Å². The number of rotatable bonds is 4. The molecule has 5 nitrogen and oxygen atoms in total. The summed E-state index contributed by atoms with van der Waals surface area (Å²) in [6, 6.07) is 6.83. The SMILES string of the molecule is Cc1cc(CNc2ccc(S(N)(=O)=O)cc2Br)c(C)n1C. The number of halogens is 1. The van der Waals surface area contributed by atoms with Crippen LogP contribution in [-0.2, 0) is 23.6 Å². The Morgan fingerprint density at radius 2 is 1.95 bits per heavy atom. The second kappa shape index (κ2) is 5.82. The molecule has 0 spiro atoms. The van der Waals surface area contributed by atoms with Gasteiger partial charge in [-0.15, -0.1) is 0 Å². The van der Waals surface area contributed by atoms with Gasteiger partial charge in [0.2, 0.25) is 10.0 Å². The highest BCUT2D eigenvalue weighted by Crippen LogP contribution is 2.26. The van der Waals surface area contributed by atoms with Crippen molar-refractivity contribution in [3.05, 3.63) is 45.7 Å². The molecule has 0 amide bonds. The maximum atomic E-state index is 11.3. The highest BCUT2D eigenvalue weighted by atomic mass is 79.9.